The second kappa shape index (κ2) is 7.26. The third kappa shape index (κ3) is 3.84. The molecule has 2 heteroatoms. The maximum Gasteiger partial charge on any atom is 0.0689 e. The number of hydrogen-bond donors (Lipinski definition) is 0. The smallest absolute Gasteiger partial charge is 0.0689 e. The summed E-state index contributed by atoms with van der Waals surface area (Å²) in [5, 5.41) is 5.89. The molecular weight excluding hydrogens is 256 g/mol. The fraction of sp³-hybridized carbons (Fsp3) is 0.421. The van der Waals surface area contributed by atoms with Crippen LogP contribution in [0.1, 0.15) is 38.3 Å². The van der Waals surface area contributed by atoms with E-state index in [0.717, 1.165) is 31.0 Å². The van der Waals surface area contributed by atoms with Crippen molar-refractivity contribution in [2.75, 3.05) is 0 Å². The van der Waals surface area contributed by atoms with E-state index in [-0.39, 0.29) is 0 Å². The maximum atomic E-state index is 4.65. The molecule has 0 bridgehead atoms. The van der Waals surface area contributed by atoms with Crippen LogP contribution in [0.3, 0.4) is 0 Å². The summed E-state index contributed by atoms with van der Waals surface area (Å²) in [6.07, 6.45) is 6.61. The van der Waals surface area contributed by atoms with Gasteiger partial charge in [-0.3, -0.25) is 4.68 Å². The zero-order valence-corrected chi connectivity index (χ0v) is 13.3. The van der Waals surface area contributed by atoms with Gasteiger partial charge in [-0.05, 0) is 38.2 Å². The Kier molecular flexibility index (Phi) is 5.38. The number of allylic oxidation sites excluding steroid dienone is 2. The summed E-state index contributed by atoms with van der Waals surface area (Å²) in [5.41, 5.74) is 3.55. The van der Waals surface area contributed by atoms with Crippen molar-refractivity contribution in [3.05, 3.63) is 54.8 Å². The highest BCUT2D eigenvalue weighted by molar-refractivity contribution is 5.81. The largest absolute Gasteiger partial charge is 0.261 e. The van der Waals surface area contributed by atoms with Gasteiger partial charge in [-0.2, -0.15) is 5.10 Å². The quantitative estimate of drug-likeness (QED) is 0.602. The van der Waals surface area contributed by atoms with Gasteiger partial charge in [0.15, 0.2) is 0 Å². The number of benzene rings is 1. The summed E-state index contributed by atoms with van der Waals surface area (Å²) >= 11 is 0. The Morgan fingerprint density at radius 2 is 2.14 bits per heavy atom. The van der Waals surface area contributed by atoms with E-state index in [1.54, 1.807) is 0 Å². The van der Waals surface area contributed by atoms with E-state index >= 15 is 0 Å². The molecule has 1 unspecified atom stereocenters. The van der Waals surface area contributed by atoms with Crippen molar-refractivity contribution < 1.29 is 0 Å². The first-order chi connectivity index (χ1) is 10.2. The second-order valence-corrected chi connectivity index (χ2v) is 5.85. The van der Waals surface area contributed by atoms with Crippen LogP contribution >= 0.6 is 0 Å². The summed E-state index contributed by atoms with van der Waals surface area (Å²) in [5.74, 6) is 0.732. The van der Waals surface area contributed by atoms with Gasteiger partial charge in [0.2, 0.25) is 0 Å². The van der Waals surface area contributed by atoms with Crippen LogP contribution in [-0.4, -0.2) is 9.78 Å². The number of aromatic nitrogens is 2. The molecule has 2 rings (SSSR count). The first-order valence-electron chi connectivity index (χ1n) is 7.85. The summed E-state index contributed by atoms with van der Waals surface area (Å²) in [6, 6.07) is 8.40. The molecule has 0 saturated carbocycles. The molecule has 0 radical (unpaired) electrons. The molecule has 1 heterocycles. The van der Waals surface area contributed by atoms with Crippen molar-refractivity contribution in [1.29, 1.82) is 0 Å². The number of aryl methyl sites for hydroxylation is 1. The first kappa shape index (κ1) is 15.6. The normalized spacial score (nSPS) is 12.5. The van der Waals surface area contributed by atoms with Crippen molar-refractivity contribution in [3.8, 4) is 0 Å². The molecule has 1 aromatic heterocycles. The van der Waals surface area contributed by atoms with Gasteiger partial charge in [0.05, 0.1) is 17.8 Å². The van der Waals surface area contributed by atoms with Gasteiger partial charge < -0.3 is 0 Å². The highest BCUT2D eigenvalue weighted by Crippen LogP contribution is 2.22. The van der Waals surface area contributed by atoms with Gasteiger partial charge in [-0.25, -0.2) is 0 Å². The molecule has 1 atom stereocenters. The number of para-hydroxylation sites is 1. The molecule has 2 nitrogen and oxygen atoms in total. The zero-order chi connectivity index (χ0) is 15.2. The summed E-state index contributed by atoms with van der Waals surface area (Å²) < 4.78 is 2.08. The molecular formula is C19H26N2. The van der Waals surface area contributed by atoms with E-state index in [1.807, 2.05) is 6.08 Å². The molecule has 1 aromatic carbocycles. The van der Waals surface area contributed by atoms with Crippen LogP contribution in [0.15, 0.2) is 49.1 Å². The van der Waals surface area contributed by atoms with Crippen LogP contribution in [0.25, 0.3) is 10.9 Å². The summed E-state index contributed by atoms with van der Waals surface area (Å²) in [4.78, 5) is 0. The number of fused-ring (bicyclic) bond motifs is 1. The average Bonchev–Trinajstić information content (AvgIpc) is 2.80. The van der Waals surface area contributed by atoms with Crippen LogP contribution in [0, 0.1) is 12.8 Å². The monoisotopic (exact) mass is 282 g/mol. The van der Waals surface area contributed by atoms with Crippen LogP contribution in [0.5, 0.6) is 0 Å². The molecule has 2 aromatic rings. The standard InChI is InChI=1S/C19H26N2/c1-5-9-17(6-2)13-12-15(3)14-21-19-11-8-7-10-18(19)16(4)20-21/h5,7-8,10-11,17H,1,3,6,9,12-14H2,2,4H3. The van der Waals surface area contributed by atoms with Gasteiger partial charge in [0.1, 0.15) is 0 Å². The molecule has 21 heavy (non-hydrogen) atoms. The predicted octanol–water partition coefficient (Wildman–Crippen LogP) is 5.28. The van der Waals surface area contributed by atoms with E-state index in [0.29, 0.717) is 0 Å². The first-order valence-corrected chi connectivity index (χ1v) is 7.85. The minimum Gasteiger partial charge on any atom is -0.261 e. The van der Waals surface area contributed by atoms with Crippen molar-refractivity contribution in [1.82, 2.24) is 9.78 Å². The zero-order valence-electron chi connectivity index (χ0n) is 13.3. The van der Waals surface area contributed by atoms with Gasteiger partial charge in [-0.15, -0.1) is 6.58 Å². The topological polar surface area (TPSA) is 17.8 Å². The molecule has 0 amide bonds. The van der Waals surface area contributed by atoms with E-state index in [4.69, 9.17) is 0 Å². The lowest BCUT2D eigenvalue weighted by molar-refractivity contribution is 0.469. The second-order valence-electron chi connectivity index (χ2n) is 5.85. The lowest BCUT2D eigenvalue weighted by Gasteiger charge is -2.13. The summed E-state index contributed by atoms with van der Waals surface area (Å²) in [7, 11) is 0. The molecule has 112 valence electrons. The third-order valence-electron chi connectivity index (χ3n) is 4.20. The summed E-state index contributed by atoms with van der Waals surface area (Å²) in [6.45, 7) is 13.2. The van der Waals surface area contributed by atoms with Crippen LogP contribution in [0.4, 0.5) is 0 Å². The van der Waals surface area contributed by atoms with Gasteiger partial charge in [-0.1, -0.05) is 49.8 Å². The van der Waals surface area contributed by atoms with E-state index < -0.39 is 0 Å². The fourth-order valence-corrected chi connectivity index (χ4v) is 2.84. The molecule has 0 fully saturated rings. The Labute approximate surface area is 128 Å². The Morgan fingerprint density at radius 1 is 1.38 bits per heavy atom. The Balaban J connectivity index is 2.00. The van der Waals surface area contributed by atoms with Gasteiger partial charge in [0, 0.05) is 5.39 Å². The lowest BCUT2D eigenvalue weighted by Crippen LogP contribution is -2.05. The van der Waals surface area contributed by atoms with Crippen LogP contribution in [0.2, 0.25) is 0 Å². The number of hydrogen-bond acceptors (Lipinski definition) is 1. The van der Waals surface area contributed by atoms with Crippen molar-refractivity contribution in [2.24, 2.45) is 5.92 Å². The average molecular weight is 282 g/mol. The van der Waals surface area contributed by atoms with Gasteiger partial charge >= 0.3 is 0 Å². The minimum atomic E-state index is 0.732. The Morgan fingerprint density at radius 3 is 2.86 bits per heavy atom. The highest BCUT2D eigenvalue weighted by atomic mass is 15.3. The van der Waals surface area contributed by atoms with Gasteiger partial charge in [0.25, 0.3) is 0 Å². The van der Waals surface area contributed by atoms with E-state index in [2.05, 4.69) is 61.1 Å². The SMILES string of the molecule is C=CCC(CC)CCC(=C)Cn1nc(C)c2ccccc21. The van der Waals surface area contributed by atoms with Crippen molar-refractivity contribution in [2.45, 2.75) is 46.1 Å². The van der Waals surface area contributed by atoms with Crippen molar-refractivity contribution in [3.63, 3.8) is 0 Å². The molecule has 0 aliphatic carbocycles. The van der Waals surface area contributed by atoms with E-state index in [9.17, 15) is 0 Å². The minimum absolute atomic E-state index is 0.732. The molecule has 0 N–H and O–H groups in total. The fourth-order valence-electron chi connectivity index (χ4n) is 2.84. The Bertz CT molecular complexity index is 622. The molecule has 0 spiro atoms. The number of nitrogens with zero attached hydrogens (tertiary/aromatic N) is 2. The lowest BCUT2D eigenvalue weighted by atomic mass is 9.94. The number of rotatable bonds is 8. The van der Waals surface area contributed by atoms with Crippen molar-refractivity contribution >= 4 is 10.9 Å². The van der Waals surface area contributed by atoms with E-state index in [1.165, 1.54) is 29.3 Å². The third-order valence-corrected chi connectivity index (χ3v) is 4.20. The highest BCUT2D eigenvalue weighted by Gasteiger charge is 2.09. The maximum absolute atomic E-state index is 4.65. The molecule has 0 aliphatic rings. The van der Waals surface area contributed by atoms with Crippen LogP contribution in [-0.2, 0) is 6.54 Å². The predicted molar refractivity (Wildman–Crippen MR) is 91.4 cm³/mol. The van der Waals surface area contributed by atoms with Crippen LogP contribution < -0.4 is 0 Å². The molecule has 0 aliphatic heterocycles. The Hall–Kier alpha value is -1.83. The molecule has 0 saturated heterocycles.